The molecule has 0 aliphatic carbocycles. The lowest BCUT2D eigenvalue weighted by atomic mass is 10.0. The summed E-state index contributed by atoms with van der Waals surface area (Å²) in [4.78, 5) is 16.8. The van der Waals surface area contributed by atoms with Crippen LogP contribution in [0, 0.1) is 5.92 Å². The number of anilines is 1. The zero-order chi connectivity index (χ0) is 18.5. The first-order valence-corrected chi connectivity index (χ1v) is 12.6. The molecule has 0 unspecified atom stereocenters. The van der Waals surface area contributed by atoms with Gasteiger partial charge in [0, 0.05) is 29.2 Å². The van der Waals surface area contributed by atoms with Crippen LogP contribution in [-0.2, 0) is 4.79 Å². The van der Waals surface area contributed by atoms with E-state index in [-0.39, 0.29) is 5.91 Å². The van der Waals surface area contributed by atoms with E-state index in [1.54, 1.807) is 11.3 Å². The molecule has 3 nitrogen and oxygen atoms in total. The Morgan fingerprint density at radius 3 is 2.59 bits per heavy atom. The summed E-state index contributed by atoms with van der Waals surface area (Å²) in [6, 6.07) is 16.2. The number of benzene rings is 2. The normalized spacial score (nSPS) is 14.7. The average molecular weight is 415 g/mol. The van der Waals surface area contributed by atoms with E-state index < -0.39 is 0 Å². The molecule has 1 aliphatic heterocycles. The summed E-state index contributed by atoms with van der Waals surface area (Å²) >= 11 is 1.69. The smallest absolute Gasteiger partial charge is 0.224 e. The van der Waals surface area contributed by atoms with Crippen molar-refractivity contribution in [1.29, 1.82) is 0 Å². The van der Waals surface area contributed by atoms with E-state index in [1.807, 2.05) is 64.1 Å². The number of fused-ring (bicyclic) bond motifs is 1. The number of carbonyl (C=O) groups is 1. The third-order valence-electron chi connectivity index (χ3n) is 4.67. The van der Waals surface area contributed by atoms with E-state index >= 15 is 0 Å². The van der Waals surface area contributed by atoms with Crippen LogP contribution in [0.1, 0.15) is 25.7 Å². The lowest BCUT2D eigenvalue weighted by Gasteiger charge is -2.08. The molecule has 1 fully saturated rings. The molecule has 6 heteroatoms. The lowest BCUT2D eigenvalue weighted by molar-refractivity contribution is -0.116. The number of rotatable bonds is 7. The summed E-state index contributed by atoms with van der Waals surface area (Å²) in [7, 11) is 3.96. The maximum absolute atomic E-state index is 12.2. The van der Waals surface area contributed by atoms with Crippen LogP contribution in [0.25, 0.3) is 20.8 Å². The summed E-state index contributed by atoms with van der Waals surface area (Å²) in [6.45, 7) is 0. The van der Waals surface area contributed by atoms with Gasteiger partial charge in [0.15, 0.2) is 0 Å². The maximum Gasteiger partial charge on any atom is 0.224 e. The van der Waals surface area contributed by atoms with Gasteiger partial charge in [0.1, 0.15) is 5.01 Å². The fourth-order valence-corrected chi connectivity index (χ4v) is 7.14. The van der Waals surface area contributed by atoms with Crippen molar-refractivity contribution in [3.05, 3.63) is 48.5 Å². The summed E-state index contributed by atoms with van der Waals surface area (Å²) < 4.78 is 1.19. The van der Waals surface area contributed by atoms with Crippen molar-refractivity contribution in [2.45, 2.75) is 25.7 Å². The minimum atomic E-state index is 0.109. The number of carbonyl (C=O) groups excluding carboxylic acids is 1. The minimum Gasteiger partial charge on any atom is -0.326 e. The number of unbranched alkanes of at least 4 members (excludes halogenated alkanes) is 1. The van der Waals surface area contributed by atoms with Crippen LogP contribution < -0.4 is 5.32 Å². The minimum absolute atomic E-state index is 0.109. The van der Waals surface area contributed by atoms with Crippen molar-refractivity contribution in [3.8, 4) is 10.6 Å². The Kier molecular flexibility index (Phi) is 6.37. The molecule has 1 aliphatic rings. The van der Waals surface area contributed by atoms with Crippen LogP contribution in [-0.4, -0.2) is 22.4 Å². The molecular weight excluding hydrogens is 392 g/mol. The van der Waals surface area contributed by atoms with Crippen molar-refractivity contribution in [3.63, 3.8) is 0 Å². The molecule has 0 spiro atoms. The second-order valence-electron chi connectivity index (χ2n) is 6.79. The molecule has 27 heavy (non-hydrogen) atoms. The summed E-state index contributed by atoms with van der Waals surface area (Å²) in [6.07, 6.45) is 3.98. The Morgan fingerprint density at radius 1 is 1.04 bits per heavy atom. The topological polar surface area (TPSA) is 42.0 Å². The molecule has 140 valence electrons. The highest BCUT2D eigenvalue weighted by Gasteiger charge is 2.15. The number of nitrogens with one attached hydrogen (secondary N) is 1. The van der Waals surface area contributed by atoms with Gasteiger partial charge in [0.05, 0.1) is 10.2 Å². The lowest BCUT2D eigenvalue weighted by Crippen LogP contribution is -2.11. The predicted octanol–water partition coefficient (Wildman–Crippen LogP) is 6.47. The van der Waals surface area contributed by atoms with Crippen molar-refractivity contribution >= 4 is 54.7 Å². The van der Waals surface area contributed by atoms with Gasteiger partial charge in [-0.15, -0.1) is 11.3 Å². The van der Waals surface area contributed by atoms with Gasteiger partial charge in [0.25, 0.3) is 0 Å². The zero-order valence-electron chi connectivity index (χ0n) is 15.0. The van der Waals surface area contributed by atoms with Crippen LogP contribution >= 0.6 is 32.9 Å². The van der Waals surface area contributed by atoms with Gasteiger partial charge in [-0.3, -0.25) is 4.79 Å². The van der Waals surface area contributed by atoms with Gasteiger partial charge in [-0.2, -0.15) is 0 Å². The van der Waals surface area contributed by atoms with E-state index in [1.165, 1.54) is 22.6 Å². The zero-order valence-corrected chi connectivity index (χ0v) is 17.5. The van der Waals surface area contributed by atoms with E-state index in [9.17, 15) is 4.79 Å². The molecule has 4 rings (SSSR count). The third-order valence-corrected chi connectivity index (χ3v) is 8.45. The van der Waals surface area contributed by atoms with Crippen molar-refractivity contribution in [2.75, 3.05) is 16.8 Å². The molecule has 0 radical (unpaired) electrons. The molecule has 1 aromatic heterocycles. The molecule has 0 atom stereocenters. The number of nitrogens with zero attached hydrogens (tertiary/aromatic N) is 1. The number of hydrogen-bond donors (Lipinski definition) is 1. The number of hydrogen-bond acceptors (Lipinski definition) is 5. The Labute approximate surface area is 171 Å². The van der Waals surface area contributed by atoms with Crippen molar-refractivity contribution in [1.82, 2.24) is 4.98 Å². The summed E-state index contributed by atoms with van der Waals surface area (Å²) in [5.74, 6) is 3.51. The molecule has 3 aromatic rings. The number of aromatic nitrogens is 1. The second kappa shape index (κ2) is 9.13. The number of amides is 1. The standard InChI is InChI=1S/C21H22N2OS3/c24-20(8-4-1-5-15-13-25-26-14-15)22-17-11-9-16(10-12-17)21-23-18-6-2-3-7-19(18)27-21/h2-3,6-7,9-12,15H,1,4-5,8,13-14H2,(H,22,24). The SMILES string of the molecule is O=C(CCCCC1CSSC1)Nc1ccc(-c2nc3ccccc3s2)cc1. The molecule has 0 saturated carbocycles. The van der Waals surface area contributed by atoms with Crippen LogP contribution in [0.3, 0.4) is 0 Å². The van der Waals surface area contributed by atoms with Crippen molar-refractivity contribution < 1.29 is 4.79 Å². The highest BCUT2D eigenvalue weighted by atomic mass is 33.1. The molecule has 2 aromatic carbocycles. The van der Waals surface area contributed by atoms with Crippen LogP contribution in [0.15, 0.2) is 48.5 Å². The Balaban J connectivity index is 1.27. The quantitative estimate of drug-likeness (QED) is 0.355. The predicted molar refractivity (Wildman–Crippen MR) is 121 cm³/mol. The molecule has 1 N–H and O–H groups in total. The summed E-state index contributed by atoms with van der Waals surface area (Å²) in [5, 5.41) is 4.02. The Morgan fingerprint density at radius 2 is 1.81 bits per heavy atom. The first kappa shape index (κ1) is 18.8. The molecule has 0 bridgehead atoms. The Hall–Kier alpha value is -1.50. The number of thiazole rings is 1. The highest BCUT2D eigenvalue weighted by molar-refractivity contribution is 8.77. The monoisotopic (exact) mass is 414 g/mol. The number of para-hydroxylation sites is 1. The van der Waals surface area contributed by atoms with Gasteiger partial charge in [-0.25, -0.2) is 4.98 Å². The van der Waals surface area contributed by atoms with E-state index in [0.29, 0.717) is 6.42 Å². The second-order valence-corrected chi connectivity index (χ2v) is 10.4. The fraction of sp³-hybridized carbons (Fsp3) is 0.333. The molecule has 1 amide bonds. The van der Waals surface area contributed by atoms with Gasteiger partial charge < -0.3 is 5.32 Å². The van der Waals surface area contributed by atoms with Crippen LogP contribution in [0.5, 0.6) is 0 Å². The van der Waals surface area contributed by atoms with E-state index in [2.05, 4.69) is 16.4 Å². The third kappa shape index (κ3) is 5.06. The van der Waals surface area contributed by atoms with Crippen LogP contribution in [0.2, 0.25) is 0 Å². The Bertz CT molecular complexity index is 868. The van der Waals surface area contributed by atoms with Crippen LogP contribution in [0.4, 0.5) is 5.69 Å². The maximum atomic E-state index is 12.2. The largest absolute Gasteiger partial charge is 0.326 e. The van der Waals surface area contributed by atoms with E-state index in [0.717, 1.165) is 40.5 Å². The fourth-order valence-electron chi connectivity index (χ4n) is 3.14. The van der Waals surface area contributed by atoms with Gasteiger partial charge >= 0.3 is 0 Å². The average Bonchev–Trinajstić information content (AvgIpc) is 3.35. The molecule has 2 heterocycles. The first-order chi connectivity index (χ1) is 13.3. The molecule has 1 saturated heterocycles. The van der Waals surface area contributed by atoms with Crippen molar-refractivity contribution in [2.24, 2.45) is 5.92 Å². The summed E-state index contributed by atoms with van der Waals surface area (Å²) in [5.41, 5.74) is 2.97. The van der Waals surface area contributed by atoms with Gasteiger partial charge in [0.2, 0.25) is 5.91 Å². The highest BCUT2D eigenvalue weighted by Crippen LogP contribution is 2.37. The molecular formula is C21H22N2OS3. The first-order valence-electron chi connectivity index (χ1n) is 9.28. The van der Waals surface area contributed by atoms with Gasteiger partial charge in [-0.05, 0) is 55.2 Å². The van der Waals surface area contributed by atoms with Gasteiger partial charge in [-0.1, -0.05) is 40.1 Å². The van der Waals surface area contributed by atoms with E-state index in [4.69, 9.17) is 0 Å².